The summed E-state index contributed by atoms with van der Waals surface area (Å²) in [6.45, 7) is 2.11. The first kappa shape index (κ1) is 13.5. The van der Waals surface area contributed by atoms with Crippen LogP contribution >= 0.6 is 27.5 Å². The van der Waals surface area contributed by atoms with Crippen molar-refractivity contribution in [2.45, 2.75) is 43.5 Å². The van der Waals surface area contributed by atoms with Crippen molar-refractivity contribution >= 4 is 27.5 Å². The summed E-state index contributed by atoms with van der Waals surface area (Å²) in [6, 6.07) is 0. The molecule has 0 spiro atoms. The molecule has 2 bridgehead atoms. The molecule has 0 aliphatic carbocycles. The van der Waals surface area contributed by atoms with E-state index in [1.54, 1.807) is 6.08 Å². The van der Waals surface area contributed by atoms with E-state index in [0.29, 0.717) is 0 Å². The fraction of sp³-hybridized carbons (Fsp3) is 0.600. The number of hydrogen-bond acceptors (Lipinski definition) is 2. The van der Waals surface area contributed by atoms with Gasteiger partial charge in [-0.2, -0.15) is 0 Å². The minimum absolute atomic E-state index is 0.106. The van der Waals surface area contributed by atoms with E-state index in [2.05, 4.69) is 28.8 Å². The Morgan fingerprint density at radius 3 is 3.11 bits per heavy atom. The Kier molecular flexibility index (Phi) is 3.68. The highest BCUT2D eigenvalue weighted by Gasteiger charge is 2.63. The van der Waals surface area contributed by atoms with Gasteiger partial charge in [0.25, 0.3) is 0 Å². The molecule has 3 fully saturated rings. The van der Waals surface area contributed by atoms with Crippen LogP contribution in [0, 0.1) is 24.2 Å². The smallest absolute Gasteiger partial charge is 0.128 e. The molecule has 2 nitrogen and oxygen atoms in total. The molecule has 3 rings (SSSR count). The van der Waals surface area contributed by atoms with Gasteiger partial charge in [-0.05, 0) is 12.5 Å². The number of terminal acetylenes is 1. The van der Waals surface area contributed by atoms with E-state index < -0.39 is 0 Å². The zero-order valence-corrected chi connectivity index (χ0v) is 13.0. The normalized spacial score (nSPS) is 43.4. The van der Waals surface area contributed by atoms with Crippen molar-refractivity contribution in [2.24, 2.45) is 11.8 Å². The third kappa shape index (κ3) is 2.05. The fourth-order valence-electron chi connectivity index (χ4n) is 3.50. The Hall–Kier alpha value is -0.430. The van der Waals surface area contributed by atoms with Crippen LogP contribution in [0.1, 0.15) is 19.8 Å². The van der Waals surface area contributed by atoms with Gasteiger partial charge in [0.05, 0.1) is 17.4 Å². The molecule has 6 unspecified atom stereocenters. The molecule has 0 aromatic carbocycles. The zero-order chi connectivity index (χ0) is 13.6. The van der Waals surface area contributed by atoms with Crippen molar-refractivity contribution in [3.63, 3.8) is 0 Å². The molecule has 0 radical (unpaired) electrons. The third-order valence-corrected chi connectivity index (χ3v) is 5.65. The molecular formula is C15H16BrClO2. The van der Waals surface area contributed by atoms with Crippen LogP contribution in [0.3, 0.4) is 0 Å². The molecule has 0 N–H and O–H groups in total. The summed E-state index contributed by atoms with van der Waals surface area (Å²) in [4.78, 5) is 0. The highest BCUT2D eigenvalue weighted by Crippen LogP contribution is 2.56. The second kappa shape index (κ2) is 5.16. The number of hydrogen-bond donors (Lipinski definition) is 0. The van der Waals surface area contributed by atoms with E-state index in [1.165, 1.54) is 0 Å². The van der Waals surface area contributed by atoms with Crippen molar-refractivity contribution in [3.05, 3.63) is 22.4 Å². The van der Waals surface area contributed by atoms with Gasteiger partial charge < -0.3 is 9.47 Å². The number of ether oxygens (including phenoxy) is 2. The Bertz CT molecular complexity index is 477. The number of rotatable bonds is 3. The van der Waals surface area contributed by atoms with Gasteiger partial charge in [-0.3, -0.25) is 0 Å². The molecule has 0 amide bonds. The lowest BCUT2D eigenvalue weighted by molar-refractivity contribution is 0.0690. The topological polar surface area (TPSA) is 18.5 Å². The zero-order valence-electron chi connectivity index (χ0n) is 10.7. The van der Waals surface area contributed by atoms with Crippen molar-refractivity contribution in [3.8, 4) is 12.3 Å². The first-order valence-corrected chi connectivity index (χ1v) is 7.87. The Morgan fingerprint density at radius 2 is 2.42 bits per heavy atom. The summed E-state index contributed by atoms with van der Waals surface area (Å²) in [5.41, 5.74) is 0. The molecule has 102 valence electrons. The predicted octanol–water partition coefficient (Wildman–Crippen LogP) is 3.60. The molecular weight excluding hydrogens is 328 g/mol. The van der Waals surface area contributed by atoms with Gasteiger partial charge in [0.1, 0.15) is 18.0 Å². The minimum Gasteiger partial charge on any atom is -0.491 e. The molecule has 6 atom stereocenters. The lowest BCUT2D eigenvalue weighted by Gasteiger charge is -2.25. The van der Waals surface area contributed by atoms with E-state index in [1.807, 2.05) is 6.08 Å². The van der Waals surface area contributed by atoms with Gasteiger partial charge in [0.15, 0.2) is 0 Å². The van der Waals surface area contributed by atoms with Gasteiger partial charge >= 0.3 is 0 Å². The maximum atomic E-state index is 6.51. The van der Waals surface area contributed by atoms with E-state index in [-0.39, 0.29) is 35.5 Å². The highest BCUT2D eigenvalue weighted by molar-refractivity contribution is 9.11. The first-order valence-electron chi connectivity index (χ1n) is 6.64. The summed E-state index contributed by atoms with van der Waals surface area (Å²) >= 11 is 10.1. The summed E-state index contributed by atoms with van der Waals surface area (Å²) in [7, 11) is 0. The molecule has 3 saturated heterocycles. The fourth-order valence-corrected chi connectivity index (χ4v) is 4.25. The van der Waals surface area contributed by atoms with Crippen LogP contribution in [0.2, 0.25) is 0 Å². The van der Waals surface area contributed by atoms with Crippen LogP contribution in [0.15, 0.2) is 22.4 Å². The summed E-state index contributed by atoms with van der Waals surface area (Å²) in [5.74, 6) is 4.06. The van der Waals surface area contributed by atoms with Gasteiger partial charge in [0.2, 0.25) is 0 Å². The van der Waals surface area contributed by atoms with Crippen molar-refractivity contribution < 1.29 is 9.47 Å². The Morgan fingerprint density at radius 1 is 1.63 bits per heavy atom. The average Bonchev–Trinajstić information content (AvgIpc) is 3.02. The van der Waals surface area contributed by atoms with E-state index in [9.17, 15) is 0 Å². The highest BCUT2D eigenvalue weighted by atomic mass is 79.9. The largest absolute Gasteiger partial charge is 0.491 e. The quantitative estimate of drug-likeness (QED) is 0.576. The monoisotopic (exact) mass is 342 g/mol. The Labute approximate surface area is 127 Å². The summed E-state index contributed by atoms with van der Waals surface area (Å²) in [6.07, 6.45) is 11.3. The molecule has 3 heterocycles. The van der Waals surface area contributed by atoms with Crippen molar-refractivity contribution in [2.75, 3.05) is 0 Å². The van der Waals surface area contributed by atoms with Crippen LogP contribution in [0.25, 0.3) is 0 Å². The van der Waals surface area contributed by atoms with Crippen LogP contribution < -0.4 is 0 Å². The average molecular weight is 344 g/mol. The van der Waals surface area contributed by atoms with Gasteiger partial charge in [-0.25, -0.2) is 0 Å². The third-order valence-electron chi connectivity index (χ3n) is 4.26. The SMILES string of the molecule is C#CC=CC(Cl)C1C2CC3OC(=C(Br)CC)C1C3O2. The molecule has 0 aromatic heterocycles. The van der Waals surface area contributed by atoms with Crippen LogP contribution in [-0.2, 0) is 9.47 Å². The first-order chi connectivity index (χ1) is 9.17. The molecule has 19 heavy (non-hydrogen) atoms. The van der Waals surface area contributed by atoms with Crippen LogP contribution in [0.5, 0.6) is 0 Å². The number of alkyl halides is 1. The number of allylic oxidation sites excluding steroid dienone is 3. The summed E-state index contributed by atoms with van der Waals surface area (Å²) < 4.78 is 13.2. The van der Waals surface area contributed by atoms with E-state index in [4.69, 9.17) is 27.5 Å². The molecule has 0 aromatic rings. The maximum Gasteiger partial charge on any atom is 0.128 e. The van der Waals surface area contributed by atoms with E-state index >= 15 is 0 Å². The lowest BCUT2D eigenvalue weighted by atomic mass is 9.77. The summed E-state index contributed by atoms with van der Waals surface area (Å²) in [5, 5.41) is -0.106. The second-order valence-electron chi connectivity index (χ2n) is 5.23. The Balaban J connectivity index is 1.91. The van der Waals surface area contributed by atoms with Crippen LogP contribution in [-0.4, -0.2) is 23.7 Å². The van der Waals surface area contributed by atoms with Gasteiger partial charge in [0, 0.05) is 16.8 Å². The van der Waals surface area contributed by atoms with Crippen molar-refractivity contribution in [1.29, 1.82) is 0 Å². The molecule has 0 saturated carbocycles. The second-order valence-corrected chi connectivity index (χ2v) is 6.69. The van der Waals surface area contributed by atoms with Crippen LogP contribution in [0.4, 0.5) is 0 Å². The molecule has 3 aliphatic rings. The van der Waals surface area contributed by atoms with E-state index in [0.717, 1.165) is 23.1 Å². The minimum atomic E-state index is -0.106. The molecule has 3 aliphatic heterocycles. The molecule has 4 heteroatoms. The number of halogens is 2. The standard InChI is InChI=1S/C15H16BrClO2/c1-3-5-6-9(17)12-10-7-11-15(18-10)13(12)14(19-11)8(16)4-2/h1,5-6,9-13,15H,4,7H2,2H3. The van der Waals surface area contributed by atoms with Gasteiger partial charge in [-0.1, -0.05) is 34.9 Å². The van der Waals surface area contributed by atoms with Crippen molar-refractivity contribution in [1.82, 2.24) is 0 Å². The predicted molar refractivity (Wildman–Crippen MR) is 79.0 cm³/mol. The van der Waals surface area contributed by atoms with Gasteiger partial charge in [-0.15, -0.1) is 18.0 Å². The number of fused-ring (bicyclic) bond motifs is 1. The lowest BCUT2D eigenvalue weighted by Crippen LogP contribution is -2.34. The maximum absolute atomic E-state index is 6.51.